The molecule has 12 nitrogen and oxygen atoms in total. The van der Waals surface area contributed by atoms with Crippen LogP contribution in [0.5, 0.6) is 5.88 Å². The standard InChI is InChI=1S/C29H39F2N5O7S/c1-8-40-24(37)19-16-44-23(32-19)22-33-20(13-21(34-22)41-18-14-35(15-18)25(38)42-27(2,3)4)36(26(39)43-28(5,6)7)17-9-11-29(30,31)12-10-17/h13,16-18H,8-12,14-15H2,1-7H3. The van der Waals surface area contributed by atoms with Gasteiger partial charge in [0.15, 0.2) is 16.5 Å². The molecular weight excluding hydrogens is 600 g/mol. The molecule has 2 aromatic rings. The molecular formula is C29H39F2N5O7S. The third-order valence-electron chi connectivity index (χ3n) is 6.55. The zero-order valence-corrected chi connectivity index (χ0v) is 26.8. The maximum absolute atomic E-state index is 14.1. The second kappa shape index (κ2) is 12.8. The molecule has 0 aromatic carbocycles. The maximum Gasteiger partial charge on any atom is 0.416 e. The lowest BCUT2D eigenvalue weighted by Gasteiger charge is -2.39. The van der Waals surface area contributed by atoms with Crippen LogP contribution in [0.1, 0.15) is 84.6 Å². The number of carbonyl (C=O) groups is 3. The monoisotopic (exact) mass is 639 g/mol. The zero-order chi connectivity index (χ0) is 32.4. The van der Waals surface area contributed by atoms with E-state index in [1.165, 1.54) is 21.2 Å². The Balaban J connectivity index is 1.68. The summed E-state index contributed by atoms with van der Waals surface area (Å²) < 4.78 is 50.4. The molecule has 1 aliphatic carbocycles. The largest absolute Gasteiger partial charge is 0.470 e. The number of hydrogen-bond donors (Lipinski definition) is 0. The van der Waals surface area contributed by atoms with E-state index in [1.54, 1.807) is 48.5 Å². The van der Waals surface area contributed by atoms with Crippen molar-refractivity contribution in [3.63, 3.8) is 0 Å². The number of hydrogen-bond acceptors (Lipinski definition) is 11. The van der Waals surface area contributed by atoms with Crippen molar-refractivity contribution < 1.29 is 42.1 Å². The first-order valence-electron chi connectivity index (χ1n) is 14.5. The maximum atomic E-state index is 14.1. The lowest BCUT2D eigenvalue weighted by atomic mass is 9.91. The summed E-state index contributed by atoms with van der Waals surface area (Å²) in [5, 5.41) is 1.76. The number of thiazole rings is 1. The average Bonchev–Trinajstić information content (AvgIpc) is 3.36. The molecule has 44 heavy (non-hydrogen) atoms. The molecule has 2 amide bonds. The predicted molar refractivity (Wildman–Crippen MR) is 157 cm³/mol. The summed E-state index contributed by atoms with van der Waals surface area (Å²) in [6, 6.07) is 0.814. The normalized spacial score (nSPS) is 17.4. The first-order chi connectivity index (χ1) is 20.4. The van der Waals surface area contributed by atoms with E-state index in [4.69, 9.17) is 18.9 Å². The molecule has 1 saturated heterocycles. The summed E-state index contributed by atoms with van der Waals surface area (Å²) in [6.45, 7) is 12.8. The van der Waals surface area contributed by atoms with E-state index >= 15 is 0 Å². The van der Waals surface area contributed by atoms with Crippen molar-refractivity contribution in [1.29, 1.82) is 0 Å². The van der Waals surface area contributed by atoms with E-state index in [0.717, 1.165) is 11.3 Å². The Morgan fingerprint density at radius 3 is 2.25 bits per heavy atom. The Labute approximate surface area is 259 Å². The lowest BCUT2D eigenvalue weighted by Crippen LogP contribution is -2.57. The molecule has 0 spiro atoms. The fourth-order valence-corrected chi connectivity index (χ4v) is 5.27. The molecule has 1 aliphatic heterocycles. The first kappa shape index (κ1) is 33.3. The van der Waals surface area contributed by atoms with Crippen LogP contribution in [0.2, 0.25) is 0 Å². The van der Waals surface area contributed by atoms with Crippen LogP contribution in [0.3, 0.4) is 0 Å². The summed E-state index contributed by atoms with van der Waals surface area (Å²) in [6.07, 6.45) is -2.39. The predicted octanol–water partition coefficient (Wildman–Crippen LogP) is 6.09. The number of likely N-dealkylation sites (tertiary alicyclic amines) is 1. The van der Waals surface area contributed by atoms with Gasteiger partial charge in [0, 0.05) is 30.3 Å². The fraction of sp³-hybridized carbons (Fsp3) is 0.655. The van der Waals surface area contributed by atoms with E-state index in [2.05, 4.69) is 15.0 Å². The molecule has 2 aliphatic rings. The zero-order valence-electron chi connectivity index (χ0n) is 26.0. The van der Waals surface area contributed by atoms with E-state index in [-0.39, 0.29) is 60.8 Å². The van der Waals surface area contributed by atoms with Gasteiger partial charge in [-0.15, -0.1) is 11.3 Å². The Morgan fingerprint density at radius 2 is 1.66 bits per heavy atom. The van der Waals surface area contributed by atoms with Crippen LogP contribution in [0.15, 0.2) is 11.4 Å². The summed E-state index contributed by atoms with van der Waals surface area (Å²) in [7, 11) is 0. The van der Waals surface area contributed by atoms with Crippen molar-refractivity contribution in [2.45, 2.75) is 103 Å². The minimum atomic E-state index is -2.82. The summed E-state index contributed by atoms with van der Waals surface area (Å²) in [5.41, 5.74) is -1.46. The van der Waals surface area contributed by atoms with Crippen molar-refractivity contribution in [2.75, 3.05) is 24.6 Å². The van der Waals surface area contributed by atoms with Crippen LogP contribution in [-0.4, -0.2) is 87.0 Å². The summed E-state index contributed by atoms with van der Waals surface area (Å²) >= 11 is 1.09. The molecule has 242 valence electrons. The molecule has 0 unspecified atom stereocenters. The number of rotatable bonds is 7. The molecule has 0 atom stereocenters. The fourth-order valence-electron chi connectivity index (χ4n) is 4.55. The first-order valence-corrected chi connectivity index (χ1v) is 15.4. The smallest absolute Gasteiger partial charge is 0.416 e. The SMILES string of the molecule is CCOC(=O)c1csc(-c2nc(OC3CN(C(=O)OC(C)(C)C)C3)cc(N(C(=O)OC(C)(C)C)C3CCC(F)(F)CC3)n2)n1. The van der Waals surface area contributed by atoms with Gasteiger partial charge in [0.25, 0.3) is 0 Å². The molecule has 3 heterocycles. The van der Waals surface area contributed by atoms with Gasteiger partial charge < -0.3 is 23.8 Å². The summed E-state index contributed by atoms with van der Waals surface area (Å²) in [5.74, 6) is -3.24. The van der Waals surface area contributed by atoms with Crippen molar-refractivity contribution in [2.24, 2.45) is 0 Å². The molecule has 4 rings (SSSR count). The number of nitrogens with zero attached hydrogens (tertiary/aromatic N) is 5. The third kappa shape index (κ3) is 8.73. The van der Waals surface area contributed by atoms with Gasteiger partial charge in [-0.25, -0.2) is 33.1 Å². The van der Waals surface area contributed by atoms with Crippen LogP contribution in [0.25, 0.3) is 10.8 Å². The number of aromatic nitrogens is 3. The van der Waals surface area contributed by atoms with Crippen LogP contribution in [0, 0.1) is 0 Å². The van der Waals surface area contributed by atoms with Gasteiger partial charge in [-0.3, -0.25) is 4.90 Å². The number of alkyl halides is 2. The highest BCUT2D eigenvalue weighted by Crippen LogP contribution is 2.38. The highest BCUT2D eigenvalue weighted by atomic mass is 32.1. The second-order valence-electron chi connectivity index (χ2n) is 12.7. The molecule has 0 radical (unpaired) electrons. The van der Waals surface area contributed by atoms with Crippen molar-refractivity contribution in [3.8, 4) is 16.7 Å². The minimum absolute atomic E-state index is 0.0273. The van der Waals surface area contributed by atoms with Gasteiger partial charge in [-0.2, -0.15) is 4.98 Å². The number of esters is 1. The van der Waals surface area contributed by atoms with E-state index in [0.29, 0.717) is 0 Å². The number of halogens is 2. The molecule has 1 saturated carbocycles. The van der Waals surface area contributed by atoms with Gasteiger partial charge in [0.1, 0.15) is 23.1 Å². The third-order valence-corrected chi connectivity index (χ3v) is 7.38. The van der Waals surface area contributed by atoms with Gasteiger partial charge in [0.05, 0.1) is 19.7 Å². The van der Waals surface area contributed by atoms with Gasteiger partial charge >= 0.3 is 18.2 Å². The Hall–Kier alpha value is -3.62. The second-order valence-corrected chi connectivity index (χ2v) is 13.6. The van der Waals surface area contributed by atoms with Crippen LogP contribution in [-0.2, 0) is 14.2 Å². The van der Waals surface area contributed by atoms with Crippen LogP contribution >= 0.6 is 11.3 Å². The molecule has 15 heteroatoms. The van der Waals surface area contributed by atoms with Crippen molar-refractivity contribution >= 4 is 35.3 Å². The average molecular weight is 640 g/mol. The lowest BCUT2D eigenvalue weighted by molar-refractivity contribution is -0.0388. The number of carbonyl (C=O) groups excluding carboxylic acids is 3. The molecule has 2 fully saturated rings. The van der Waals surface area contributed by atoms with Crippen molar-refractivity contribution in [1.82, 2.24) is 19.9 Å². The highest BCUT2D eigenvalue weighted by Gasteiger charge is 2.41. The van der Waals surface area contributed by atoms with Gasteiger partial charge in [0.2, 0.25) is 11.8 Å². The van der Waals surface area contributed by atoms with Crippen LogP contribution in [0.4, 0.5) is 24.2 Å². The Morgan fingerprint density at radius 1 is 1.02 bits per heavy atom. The van der Waals surface area contributed by atoms with Crippen molar-refractivity contribution in [3.05, 3.63) is 17.1 Å². The molecule has 0 N–H and O–H groups in total. The highest BCUT2D eigenvalue weighted by molar-refractivity contribution is 7.13. The Bertz CT molecular complexity index is 1360. The molecule has 2 aromatic heterocycles. The van der Waals surface area contributed by atoms with E-state index in [9.17, 15) is 23.2 Å². The quantitative estimate of drug-likeness (QED) is 0.259. The summed E-state index contributed by atoms with van der Waals surface area (Å²) in [4.78, 5) is 54.4. The Kier molecular flexibility index (Phi) is 9.66. The number of anilines is 1. The number of ether oxygens (including phenoxy) is 4. The van der Waals surface area contributed by atoms with E-state index < -0.39 is 60.3 Å². The topological polar surface area (TPSA) is 133 Å². The van der Waals surface area contributed by atoms with Gasteiger partial charge in [-0.1, -0.05) is 0 Å². The minimum Gasteiger partial charge on any atom is -0.470 e. The number of amides is 2. The van der Waals surface area contributed by atoms with Crippen LogP contribution < -0.4 is 9.64 Å². The van der Waals surface area contributed by atoms with E-state index in [1.807, 2.05) is 0 Å². The van der Waals surface area contributed by atoms with Gasteiger partial charge in [-0.05, 0) is 61.3 Å². The molecule has 0 bridgehead atoms.